The van der Waals surface area contributed by atoms with Crippen molar-refractivity contribution in [1.29, 1.82) is 0 Å². The zero-order valence-corrected chi connectivity index (χ0v) is 19.4. The second-order valence-corrected chi connectivity index (χ2v) is 8.61. The number of amides is 1. The van der Waals surface area contributed by atoms with Crippen molar-refractivity contribution in [3.63, 3.8) is 0 Å². The van der Waals surface area contributed by atoms with Crippen molar-refractivity contribution in [2.24, 2.45) is 0 Å². The number of hydrogen-bond donors (Lipinski definition) is 0. The van der Waals surface area contributed by atoms with Crippen molar-refractivity contribution in [2.75, 3.05) is 18.1 Å². The number of anilines is 1. The molecule has 2 heterocycles. The van der Waals surface area contributed by atoms with E-state index in [-0.39, 0.29) is 12.5 Å². The number of hydrogen-bond acceptors (Lipinski definition) is 6. The van der Waals surface area contributed by atoms with Crippen LogP contribution in [-0.4, -0.2) is 36.1 Å². The molecule has 1 unspecified atom stereocenters. The first kappa shape index (κ1) is 22.3. The third-order valence-corrected chi connectivity index (χ3v) is 6.37. The van der Waals surface area contributed by atoms with Gasteiger partial charge in [0.25, 0.3) is 5.91 Å². The van der Waals surface area contributed by atoms with Crippen LogP contribution >= 0.6 is 22.9 Å². The van der Waals surface area contributed by atoms with E-state index >= 15 is 0 Å². The lowest BCUT2D eigenvalue weighted by Crippen LogP contribution is -2.49. The summed E-state index contributed by atoms with van der Waals surface area (Å²) in [5.74, 6) is -0.128. The maximum Gasteiger partial charge on any atom is 0.329 e. The van der Waals surface area contributed by atoms with E-state index in [1.807, 2.05) is 61.7 Å². The molecule has 0 saturated carbocycles. The summed E-state index contributed by atoms with van der Waals surface area (Å²) >= 11 is 7.82. The van der Waals surface area contributed by atoms with Gasteiger partial charge in [-0.05, 0) is 37.1 Å². The molecular formula is C24H23ClN2O4S. The van der Waals surface area contributed by atoms with Crippen LogP contribution in [0.1, 0.15) is 26.7 Å². The first-order valence-electron chi connectivity index (χ1n) is 10.5. The van der Waals surface area contributed by atoms with E-state index in [2.05, 4.69) is 0 Å². The summed E-state index contributed by atoms with van der Waals surface area (Å²) in [5.41, 5.74) is 2.99. The first-order chi connectivity index (χ1) is 15.5. The number of carbonyl (C=O) groups excluding carboxylic acids is 2. The number of thiazole rings is 1. The van der Waals surface area contributed by atoms with Crippen LogP contribution in [0.2, 0.25) is 5.02 Å². The normalized spacial score (nSPS) is 14.0. The van der Waals surface area contributed by atoms with Crippen molar-refractivity contribution in [3.8, 4) is 27.6 Å². The third-order valence-electron chi connectivity index (χ3n) is 5.16. The fourth-order valence-corrected chi connectivity index (χ4v) is 4.74. The molecule has 0 N–H and O–H groups in total. The largest absolute Gasteiger partial charge is 0.482 e. The average Bonchev–Trinajstić information content (AvgIpc) is 3.29. The molecule has 8 heteroatoms. The number of aromatic nitrogens is 1. The maximum absolute atomic E-state index is 12.8. The number of ether oxygens (including phenoxy) is 2. The quantitative estimate of drug-likeness (QED) is 0.421. The van der Waals surface area contributed by atoms with Crippen LogP contribution in [-0.2, 0) is 14.3 Å². The molecule has 1 aromatic heterocycles. The van der Waals surface area contributed by atoms with Gasteiger partial charge in [-0.15, -0.1) is 11.3 Å². The molecule has 0 radical (unpaired) electrons. The van der Waals surface area contributed by atoms with Gasteiger partial charge < -0.3 is 9.47 Å². The molecule has 6 nitrogen and oxygen atoms in total. The topological polar surface area (TPSA) is 68.7 Å². The molecule has 2 aromatic carbocycles. The first-order valence-corrected chi connectivity index (χ1v) is 11.8. The molecule has 4 rings (SSSR count). The molecular weight excluding hydrogens is 448 g/mol. The van der Waals surface area contributed by atoms with Gasteiger partial charge in [-0.3, -0.25) is 9.69 Å². The number of carbonyl (C=O) groups is 2. The van der Waals surface area contributed by atoms with E-state index in [0.717, 1.165) is 28.2 Å². The summed E-state index contributed by atoms with van der Waals surface area (Å²) in [5, 5.41) is 3.39. The fraction of sp³-hybridized carbons (Fsp3) is 0.292. The number of halogens is 1. The minimum absolute atomic E-state index is 0.114. The monoisotopic (exact) mass is 470 g/mol. The predicted octanol–water partition coefficient (Wildman–Crippen LogP) is 5.59. The van der Waals surface area contributed by atoms with Crippen LogP contribution in [0.15, 0.2) is 47.8 Å². The van der Waals surface area contributed by atoms with Gasteiger partial charge in [-0.1, -0.05) is 43.6 Å². The Balaban J connectivity index is 1.70. The smallest absolute Gasteiger partial charge is 0.329 e. The van der Waals surface area contributed by atoms with Crippen LogP contribution in [0.3, 0.4) is 0 Å². The lowest BCUT2D eigenvalue weighted by atomic mass is 10.1. The van der Waals surface area contributed by atoms with Gasteiger partial charge in [-0.2, -0.15) is 0 Å². The Morgan fingerprint density at radius 3 is 2.84 bits per heavy atom. The Morgan fingerprint density at radius 1 is 1.28 bits per heavy atom. The van der Waals surface area contributed by atoms with E-state index in [9.17, 15) is 9.59 Å². The lowest BCUT2D eigenvalue weighted by molar-refractivity contribution is -0.146. The van der Waals surface area contributed by atoms with Gasteiger partial charge >= 0.3 is 5.97 Å². The van der Waals surface area contributed by atoms with Gasteiger partial charge in [0, 0.05) is 16.5 Å². The van der Waals surface area contributed by atoms with E-state index in [4.69, 9.17) is 26.1 Å². The Bertz CT molecular complexity index is 1150. The van der Waals surface area contributed by atoms with Crippen molar-refractivity contribution in [1.82, 2.24) is 4.98 Å². The number of benzene rings is 2. The van der Waals surface area contributed by atoms with Crippen molar-refractivity contribution in [2.45, 2.75) is 32.7 Å². The van der Waals surface area contributed by atoms with E-state index in [1.54, 1.807) is 0 Å². The molecule has 166 valence electrons. The zero-order chi connectivity index (χ0) is 22.7. The molecule has 32 heavy (non-hydrogen) atoms. The molecule has 1 aliphatic heterocycles. The Kier molecular flexibility index (Phi) is 6.77. The SMILES string of the molecule is CCCOC(=O)C(CC)N1C(=O)COc2ccc(-c3csc(-c4ccccc4Cl)n3)cc21. The molecule has 0 fully saturated rings. The number of rotatable bonds is 7. The number of nitrogens with zero attached hydrogens (tertiary/aromatic N) is 2. The standard InChI is InChI=1S/C24H23ClN2O4S/c1-3-11-30-24(29)19(4-2)27-20-12-15(9-10-21(20)31-13-22(27)28)18-14-32-23(26-18)16-7-5-6-8-17(16)25/h5-10,12,14,19H,3-4,11,13H2,1-2H3. The van der Waals surface area contributed by atoms with Crippen LogP contribution in [0, 0.1) is 0 Å². The zero-order valence-electron chi connectivity index (χ0n) is 17.8. The third kappa shape index (κ3) is 4.36. The highest BCUT2D eigenvalue weighted by atomic mass is 35.5. The predicted molar refractivity (Wildman–Crippen MR) is 126 cm³/mol. The fourth-order valence-electron chi connectivity index (χ4n) is 3.59. The summed E-state index contributed by atoms with van der Waals surface area (Å²) in [6.07, 6.45) is 1.16. The van der Waals surface area contributed by atoms with Crippen LogP contribution in [0.25, 0.3) is 21.8 Å². The van der Waals surface area contributed by atoms with Crippen LogP contribution < -0.4 is 9.64 Å². The second kappa shape index (κ2) is 9.71. The Hall–Kier alpha value is -2.90. The van der Waals surface area contributed by atoms with Gasteiger partial charge in [-0.25, -0.2) is 9.78 Å². The molecule has 1 atom stereocenters. The minimum Gasteiger partial charge on any atom is -0.482 e. The van der Waals surface area contributed by atoms with Crippen molar-refractivity contribution >= 4 is 40.5 Å². The van der Waals surface area contributed by atoms with Gasteiger partial charge in [0.05, 0.1) is 23.0 Å². The van der Waals surface area contributed by atoms with Crippen molar-refractivity contribution < 1.29 is 19.1 Å². The van der Waals surface area contributed by atoms with E-state index in [0.29, 0.717) is 29.5 Å². The van der Waals surface area contributed by atoms with Crippen molar-refractivity contribution in [3.05, 3.63) is 52.9 Å². The van der Waals surface area contributed by atoms with Gasteiger partial charge in [0.1, 0.15) is 16.8 Å². The van der Waals surface area contributed by atoms with Gasteiger partial charge in [0.15, 0.2) is 6.61 Å². The molecule has 0 aliphatic carbocycles. The summed E-state index contributed by atoms with van der Waals surface area (Å²) < 4.78 is 11.0. The van der Waals surface area contributed by atoms with E-state index in [1.165, 1.54) is 16.2 Å². The highest BCUT2D eigenvalue weighted by molar-refractivity contribution is 7.13. The maximum atomic E-state index is 12.8. The highest BCUT2D eigenvalue weighted by Crippen LogP contribution is 2.39. The van der Waals surface area contributed by atoms with E-state index < -0.39 is 12.0 Å². The molecule has 0 bridgehead atoms. The summed E-state index contributed by atoms with van der Waals surface area (Å²) in [6, 6.07) is 12.4. The summed E-state index contributed by atoms with van der Waals surface area (Å²) in [6.45, 7) is 4.00. The number of esters is 1. The molecule has 1 amide bonds. The average molecular weight is 471 g/mol. The van der Waals surface area contributed by atoms with Gasteiger partial charge in [0.2, 0.25) is 0 Å². The minimum atomic E-state index is -0.707. The molecule has 1 aliphatic rings. The molecule has 3 aromatic rings. The summed E-state index contributed by atoms with van der Waals surface area (Å²) in [4.78, 5) is 31.7. The molecule has 0 saturated heterocycles. The second-order valence-electron chi connectivity index (χ2n) is 7.34. The Morgan fingerprint density at radius 2 is 2.09 bits per heavy atom. The molecule has 0 spiro atoms. The lowest BCUT2D eigenvalue weighted by Gasteiger charge is -2.34. The van der Waals surface area contributed by atoms with Crippen LogP contribution in [0.4, 0.5) is 5.69 Å². The number of fused-ring (bicyclic) bond motifs is 1. The summed E-state index contributed by atoms with van der Waals surface area (Å²) in [7, 11) is 0. The Labute approximate surface area is 195 Å². The van der Waals surface area contributed by atoms with Crippen LogP contribution in [0.5, 0.6) is 5.75 Å². The highest BCUT2D eigenvalue weighted by Gasteiger charge is 2.36.